The summed E-state index contributed by atoms with van der Waals surface area (Å²) in [6.07, 6.45) is 3.17. The van der Waals surface area contributed by atoms with Gasteiger partial charge in [0.2, 0.25) is 10.0 Å². The molecule has 88 valence electrons. The zero-order chi connectivity index (χ0) is 11.8. The second-order valence-electron chi connectivity index (χ2n) is 4.39. The first kappa shape index (κ1) is 11.6. The van der Waals surface area contributed by atoms with Crippen molar-refractivity contribution >= 4 is 10.0 Å². The maximum Gasteiger partial charge on any atom is 0.211 e. The minimum Gasteiger partial charge on any atom is -0.212 e. The largest absolute Gasteiger partial charge is 0.212 e. The molecule has 16 heavy (non-hydrogen) atoms. The lowest BCUT2D eigenvalue weighted by atomic mass is 10.0. The van der Waals surface area contributed by atoms with Gasteiger partial charge in [0.1, 0.15) is 0 Å². The summed E-state index contributed by atoms with van der Waals surface area (Å²) in [6, 6.07) is 8.06. The lowest BCUT2D eigenvalue weighted by Gasteiger charge is -2.23. The van der Waals surface area contributed by atoms with E-state index >= 15 is 0 Å². The quantitative estimate of drug-likeness (QED) is 0.792. The molecule has 1 aliphatic heterocycles. The highest BCUT2D eigenvalue weighted by Gasteiger charge is 2.32. The van der Waals surface area contributed by atoms with E-state index < -0.39 is 10.0 Å². The van der Waals surface area contributed by atoms with Gasteiger partial charge in [-0.2, -0.15) is 4.31 Å². The van der Waals surface area contributed by atoms with Gasteiger partial charge in [0.15, 0.2) is 0 Å². The van der Waals surface area contributed by atoms with Crippen molar-refractivity contribution in [1.82, 2.24) is 4.31 Å². The molecule has 1 fully saturated rings. The molecule has 1 atom stereocenters. The van der Waals surface area contributed by atoms with Gasteiger partial charge in [0.05, 0.1) is 6.26 Å². The highest BCUT2D eigenvalue weighted by Crippen LogP contribution is 2.35. The number of hydrogen-bond acceptors (Lipinski definition) is 2. The first-order valence-electron chi connectivity index (χ1n) is 5.52. The first-order chi connectivity index (χ1) is 7.50. The average molecular weight is 239 g/mol. The minimum atomic E-state index is -3.08. The van der Waals surface area contributed by atoms with Crippen molar-refractivity contribution in [3.05, 3.63) is 35.4 Å². The predicted molar refractivity (Wildman–Crippen MR) is 64.7 cm³/mol. The van der Waals surface area contributed by atoms with Crippen LogP contribution in [0.2, 0.25) is 0 Å². The molecule has 1 saturated heterocycles. The summed E-state index contributed by atoms with van der Waals surface area (Å²) in [7, 11) is -3.08. The minimum absolute atomic E-state index is 0.0381. The van der Waals surface area contributed by atoms with E-state index in [1.54, 1.807) is 4.31 Å². The van der Waals surface area contributed by atoms with E-state index in [1.807, 2.05) is 31.2 Å². The summed E-state index contributed by atoms with van der Waals surface area (Å²) >= 11 is 0. The Hall–Kier alpha value is -0.870. The molecule has 0 aliphatic carbocycles. The zero-order valence-corrected chi connectivity index (χ0v) is 10.5. The van der Waals surface area contributed by atoms with Gasteiger partial charge >= 0.3 is 0 Å². The van der Waals surface area contributed by atoms with E-state index in [-0.39, 0.29) is 6.04 Å². The molecule has 1 aromatic rings. The van der Waals surface area contributed by atoms with Crippen LogP contribution in [0.25, 0.3) is 0 Å². The fourth-order valence-electron chi connectivity index (χ4n) is 2.41. The van der Waals surface area contributed by atoms with Crippen LogP contribution in [-0.2, 0) is 10.0 Å². The van der Waals surface area contributed by atoms with E-state index in [4.69, 9.17) is 0 Å². The smallest absolute Gasteiger partial charge is 0.211 e. The second-order valence-corrected chi connectivity index (χ2v) is 6.32. The molecular weight excluding hydrogens is 222 g/mol. The molecule has 0 unspecified atom stereocenters. The van der Waals surface area contributed by atoms with Crippen LogP contribution in [-0.4, -0.2) is 25.5 Å². The Kier molecular flexibility index (Phi) is 3.04. The van der Waals surface area contributed by atoms with Crippen molar-refractivity contribution in [2.75, 3.05) is 12.8 Å². The van der Waals surface area contributed by atoms with Gasteiger partial charge in [-0.3, -0.25) is 0 Å². The van der Waals surface area contributed by atoms with Crippen LogP contribution in [0.3, 0.4) is 0 Å². The van der Waals surface area contributed by atoms with Crippen LogP contribution in [0.5, 0.6) is 0 Å². The van der Waals surface area contributed by atoms with Crippen LogP contribution in [0.15, 0.2) is 24.3 Å². The molecule has 0 aromatic heterocycles. The summed E-state index contributed by atoms with van der Waals surface area (Å²) in [5.41, 5.74) is 2.31. The highest BCUT2D eigenvalue weighted by atomic mass is 32.2. The standard InChI is InChI=1S/C12H17NO2S/c1-10-6-3-4-7-11(10)12-8-5-9-13(12)16(2,14)15/h3-4,6-7,12H,5,8-9H2,1-2H3/t12-/m1/s1. The fourth-order valence-corrected chi connectivity index (χ4v) is 3.55. The topological polar surface area (TPSA) is 37.4 Å². The number of benzene rings is 1. The SMILES string of the molecule is Cc1ccccc1[C@H]1CCCN1S(C)(=O)=O. The first-order valence-corrected chi connectivity index (χ1v) is 7.37. The summed E-state index contributed by atoms with van der Waals surface area (Å²) in [4.78, 5) is 0. The Bertz CT molecular complexity index is 482. The normalized spacial score (nSPS) is 22.5. The predicted octanol–water partition coefficient (Wildman–Crippen LogP) is 2.09. The Balaban J connectivity index is 2.38. The molecule has 0 N–H and O–H groups in total. The van der Waals surface area contributed by atoms with Gasteiger partial charge in [-0.1, -0.05) is 24.3 Å². The number of rotatable bonds is 2. The number of aryl methyl sites for hydroxylation is 1. The van der Waals surface area contributed by atoms with Gasteiger partial charge in [-0.05, 0) is 30.9 Å². The number of sulfonamides is 1. The summed E-state index contributed by atoms with van der Waals surface area (Å²) in [6.45, 7) is 2.69. The maximum atomic E-state index is 11.7. The lowest BCUT2D eigenvalue weighted by molar-refractivity contribution is 0.399. The monoisotopic (exact) mass is 239 g/mol. The Morgan fingerprint density at radius 1 is 1.31 bits per heavy atom. The molecular formula is C12H17NO2S. The van der Waals surface area contributed by atoms with Crippen molar-refractivity contribution in [2.24, 2.45) is 0 Å². The van der Waals surface area contributed by atoms with E-state index in [9.17, 15) is 8.42 Å². The average Bonchev–Trinajstić information content (AvgIpc) is 2.66. The molecule has 0 radical (unpaired) electrons. The van der Waals surface area contributed by atoms with Crippen LogP contribution in [0.4, 0.5) is 0 Å². The molecule has 3 nitrogen and oxygen atoms in total. The van der Waals surface area contributed by atoms with E-state index in [2.05, 4.69) is 0 Å². The van der Waals surface area contributed by atoms with E-state index in [0.717, 1.165) is 18.4 Å². The number of hydrogen-bond donors (Lipinski definition) is 0. The van der Waals surface area contributed by atoms with Gasteiger partial charge in [-0.15, -0.1) is 0 Å². The zero-order valence-electron chi connectivity index (χ0n) is 9.68. The van der Waals surface area contributed by atoms with Crippen LogP contribution >= 0.6 is 0 Å². The van der Waals surface area contributed by atoms with Crippen LogP contribution in [0, 0.1) is 6.92 Å². The summed E-state index contributed by atoms with van der Waals surface area (Å²) < 4.78 is 24.9. The Morgan fingerprint density at radius 3 is 2.62 bits per heavy atom. The second kappa shape index (κ2) is 4.18. The Labute approximate surface area is 97.1 Å². The molecule has 0 amide bonds. The van der Waals surface area contributed by atoms with E-state index in [0.29, 0.717) is 6.54 Å². The van der Waals surface area contributed by atoms with Crippen molar-refractivity contribution < 1.29 is 8.42 Å². The van der Waals surface area contributed by atoms with E-state index in [1.165, 1.54) is 11.8 Å². The van der Waals surface area contributed by atoms with Gasteiger partial charge < -0.3 is 0 Å². The summed E-state index contributed by atoms with van der Waals surface area (Å²) in [5, 5.41) is 0. The molecule has 1 aromatic carbocycles. The number of nitrogens with zero attached hydrogens (tertiary/aromatic N) is 1. The van der Waals surface area contributed by atoms with Crippen molar-refractivity contribution in [3.8, 4) is 0 Å². The molecule has 0 bridgehead atoms. The van der Waals surface area contributed by atoms with Gasteiger partial charge in [0, 0.05) is 12.6 Å². The highest BCUT2D eigenvalue weighted by molar-refractivity contribution is 7.88. The third-order valence-electron chi connectivity index (χ3n) is 3.18. The molecule has 0 spiro atoms. The lowest BCUT2D eigenvalue weighted by Crippen LogP contribution is -2.29. The maximum absolute atomic E-state index is 11.7. The summed E-state index contributed by atoms with van der Waals surface area (Å²) in [5.74, 6) is 0. The third-order valence-corrected chi connectivity index (χ3v) is 4.47. The molecule has 4 heteroatoms. The van der Waals surface area contributed by atoms with Crippen LogP contribution in [0.1, 0.15) is 30.0 Å². The van der Waals surface area contributed by atoms with Crippen molar-refractivity contribution in [3.63, 3.8) is 0 Å². The Morgan fingerprint density at radius 2 is 2.00 bits per heavy atom. The van der Waals surface area contributed by atoms with Crippen molar-refractivity contribution in [1.29, 1.82) is 0 Å². The van der Waals surface area contributed by atoms with Crippen LogP contribution < -0.4 is 0 Å². The van der Waals surface area contributed by atoms with Crippen molar-refractivity contribution in [2.45, 2.75) is 25.8 Å². The molecule has 1 heterocycles. The third kappa shape index (κ3) is 2.13. The fraction of sp³-hybridized carbons (Fsp3) is 0.500. The van der Waals surface area contributed by atoms with Gasteiger partial charge in [0.25, 0.3) is 0 Å². The van der Waals surface area contributed by atoms with Gasteiger partial charge in [-0.25, -0.2) is 8.42 Å². The molecule has 1 aliphatic rings. The molecule has 2 rings (SSSR count). The molecule has 0 saturated carbocycles.